The lowest BCUT2D eigenvalue weighted by Gasteiger charge is -2.20. The monoisotopic (exact) mass is 362 g/mol. The van der Waals surface area contributed by atoms with E-state index in [1.807, 2.05) is 24.3 Å². The van der Waals surface area contributed by atoms with Gasteiger partial charge in [0.2, 0.25) is 0 Å². The number of esters is 1. The van der Waals surface area contributed by atoms with Gasteiger partial charge in [-0.05, 0) is 56.3 Å². The van der Waals surface area contributed by atoms with Crippen molar-refractivity contribution >= 4 is 40.6 Å². The number of anilines is 1. The van der Waals surface area contributed by atoms with Crippen molar-refractivity contribution in [1.29, 1.82) is 0 Å². The SMILES string of the molecule is CCN(CC)c1ccc(/C=C2/SC(=O)N(C(C)C(=O)OC)C2=O)cc1. The molecule has 1 atom stereocenters. The number of hydrogen-bond donors (Lipinski definition) is 0. The number of thioether (sulfide) groups is 1. The lowest BCUT2D eigenvalue weighted by molar-refractivity contribution is -0.148. The molecule has 7 heteroatoms. The molecule has 6 nitrogen and oxygen atoms in total. The molecule has 1 aromatic carbocycles. The van der Waals surface area contributed by atoms with Crippen LogP contribution in [0.1, 0.15) is 26.3 Å². The first-order chi connectivity index (χ1) is 11.9. The average molecular weight is 362 g/mol. The summed E-state index contributed by atoms with van der Waals surface area (Å²) >= 11 is 0.833. The van der Waals surface area contributed by atoms with E-state index in [2.05, 4.69) is 23.5 Å². The number of carbonyl (C=O) groups is 3. The van der Waals surface area contributed by atoms with E-state index in [1.165, 1.54) is 14.0 Å². The van der Waals surface area contributed by atoms with E-state index >= 15 is 0 Å². The maximum atomic E-state index is 12.4. The third-order valence-corrected chi connectivity index (χ3v) is 4.96. The van der Waals surface area contributed by atoms with Gasteiger partial charge in [0.05, 0.1) is 12.0 Å². The summed E-state index contributed by atoms with van der Waals surface area (Å²) in [5, 5.41) is -0.464. The third-order valence-electron chi connectivity index (χ3n) is 4.07. The van der Waals surface area contributed by atoms with Gasteiger partial charge in [-0.3, -0.25) is 14.5 Å². The van der Waals surface area contributed by atoms with Crippen LogP contribution in [0.4, 0.5) is 10.5 Å². The fraction of sp³-hybridized carbons (Fsp3) is 0.389. The maximum absolute atomic E-state index is 12.4. The maximum Gasteiger partial charge on any atom is 0.328 e. The largest absolute Gasteiger partial charge is 0.467 e. The van der Waals surface area contributed by atoms with Crippen LogP contribution < -0.4 is 4.90 Å². The molecule has 1 aliphatic rings. The number of methoxy groups -OCH3 is 1. The number of ether oxygens (including phenoxy) is 1. The highest BCUT2D eigenvalue weighted by atomic mass is 32.2. The normalized spacial score (nSPS) is 17.1. The van der Waals surface area contributed by atoms with Crippen LogP contribution in [-0.2, 0) is 14.3 Å². The molecule has 2 amide bonds. The van der Waals surface area contributed by atoms with Crippen LogP contribution >= 0.6 is 11.8 Å². The van der Waals surface area contributed by atoms with Gasteiger partial charge in [0, 0.05) is 18.8 Å². The van der Waals surface area contributed by atoms with Crippen LogP contribution in [0.5, 0.6) is 0 Å². The van der Waals surface area contributed by atoms with Crippen LogP contribution in [0.3, 0.4) is 0 Å². The van der Waals surface area contributed by atoms with E-state index in [0.717, 1.165) is 41.0 Å². The molecular formula is C18H22N2O4S. The minimum atomic E-state index is -0.937. The van der Waals surface area contributed by atoms with E-state index in [-0.39, 0.29) is 0 Å². The van der Waals surface area contributed by atoms with Gasteiger partial charge in [-0.1, -0.05) is 12.1 Å². The highest BCUT2D eigenvalue weighted by Crippen LogP contribution is 2.34. The van der Waals surface area contributed by atoms with Gasteiger partial charge in [-0.15, -0.1) is 0 Å². The molecule has 0 aliphatic carbocycles. The highest BCUT2D eigenvalue weighted by Gasteiger charge is 2.41. The summed E-state index contributed by atoms with van der Waals surface area (Å²) in [6, 6.07) is 6.85. The molecule has 25 heavy (non-hydrogen) atoms. The molecule has 1 aromatic rings. The average Bonchev–Trinajstić information content (AvgIpc) is 2.89. The Morgan fingerprint density at radius 3 is 2.36 bits per heavy atom. The quantitative estimate of drug-likeness (QED) is 0.572. The number of hydrogen-bond acceptors (Lipinski definition) is 6. The topological polar surface area (TPSA) is 66.9 Å². The highest BCUT2D eigenvalue weighted by molar-refractivity contribution is 8.18. The van der Waals surface area contributed by atoms with Crippen molar-refractivity contribution in [2.45, 2.75) is 26.8 Å². The first kappa shape index (κ1) is 19.1. The predicted molar refractivity (Wildman–Crippen MR) is 99.3 cm³/mol. The summed E-state index contributed by atoms with van der Waals surface area (Å²) in [4.78, 5) is 39.6. The molecule has 0 saturated carbocycles. The second-order valence-corrected chi connectivity index (χ2v) is 6.51. The molecule has 134 valence electrons. The van der Waals surface area contributed by atoms with Crippen molar-refractivity contribution in [2.24, 2.45) is 0 Å². The summed E-state index contributed by atoms with van der Waals surface area (Å²) in [7, 11) is 1.23. The van der Waals surface area contributed by atoms with Crippen molar-refractivity contribution in [1.82, 2.24) is 4.90 Å². The van der Waals surface area contributed by atoms with Crippen LogP contribution in [0, 0.1) is 0 Å². The summed E-state index contributed by atoms with van der Waals surface area (Å²) in [5.41, 5.74) is 1.93. The third kappa shape index (κ3) is 4.04. The van der Waals surface area contributed by atoms with Gasteiger partial charge < -0.3 is 9.64 Å². The number of amides is 2. The van der Waals surface area contributed by atoms with Gasteiger partial charge >= 0.3 is 5.97 Å². The van der Waals surface area contributed by atoms with E-state index in [0.29, 0.717) is 4.91 Å². The molecule has 0 aromatic heterocycles. The van der Waals surface area contributed by atoms with Crippen LogP contribution in [0.2, 0.25) is 0 Å². The summed E-state index contributed by atoms with van der Waals surface area (Å²) in [6.45, 7) is 7.50. The van der Waals surface area contributed by atoms with E-state index in [9.17, 15) is 14.4 Å². The molecule has 0 radical (unpaired) electrons. The number of carbonyl (C=O) groups excluding carboxylic acids is 3. The van der Waals surface area contributed by atoms with Crippen molar-refractivity contribution in [3.8, 4) is 0 Å². The molecule has 1 unspecified atom stereocenters. The second-order valence-electron chi connectivity index (χ2n) is 5.51. The lowest BCUT2D eigenvalue weighted by Crippen LogP contribution is -2.42. The van der Waals surface area contributed by atoms with Gasteiger partial charge in [0.25, 0.3) is 11.1 Å². The Bertz CT molecular complexity index is 696. The zero-order chi connectivity index (χ0) is 18.6. The minimum absolute atomic E-state index is 0.302. The molecule has 1 saturated heterocycles. The van der Waals surface area contributed by atoms with Gasteiger partial charge in [0.15, 0.2) is 0 Å². The molecule has 0 N–H and O–H groups in total. The van der Waals surface area contributed by atoms with Gasteiger partial charge in [-0.2, -0.15) is 0 Å². The number of benzene rings is 1. The lowest BCUT2D eigenvalue weighted by atomic mass is 10.1. The Hall–Kier alpha value is -2.28. The Morgan fingerprint density at radius 2 is 1.84 bits per heavy atom. The second kappa shape index (κ2) is 8.20. The number of imide groups is 1. The van der Waals surface area contributed by atoms with E-state index in [1.54, 1.807) is 6.08 Å². The van der Waals surface area contributed by atoms with E-state index < -0.39 is 23.2 Å². The predicted octanol–water partition coefficient (Wildman–Crippen LogP) is 3.13. The molecular weight excluding hydrogens is 340 g/mol. The van der Waals surface area contributed by atoms with Crippen LogP contribution in [-0.4, -0.2) is 48.3 Å². The van der Waals surface area contributed by atoms with Crippen LogP contribution in [0.25, 0.3) is 6.08 Å². The summed E-state index contributed by atoms with van der Waals surface area (Å²) in [6.07, 6.45) is 1.67. The van der Waals surface area contributed by atoms with Crippen molar-refractivity contribution in [3.63, 3.8) is 0 Å². The summed E-state index contributed by atoms with van der Waals surface area (Å²) in [5.74, 6) is -1.09. The Labute approximate surface area is 151 Å². The molecule has 0 spiro atoms. The van der Waals surface area contributed by atoms with Crippen molar-refractivity contribution < 1.29 is 19.1 Å². The van der Waals surface area contributed by atoms with Crippen molar-refractivity contribution in [2.75, 3.05) is 25.1 Å². The standard InChI is InChI=1S/C18H22N2O4S/c1-5-19(6-2)14-9-7-13(8-10-14)11-15-16(21)20(18(23)25-15)12(3)17(22)24-4/h7-12H,5-6H2,1-4H3/b15-11+. The molecule has 1 aliphatic heterocycles. The zero-order valence-electron chi connectivity index (χ0n) is 14.8. The Morgan fingerprint density at radius 1 is 1.24 bits per heavy atom. The van der Waals surface area contributed by atoms with Gasteiger partial charge in [0.1, 0.15) is 6.04 Å². The Kier molecular flexibility index (Phi) is 6.25. The minimum Gasteiger partial charge on any atom is -0.467 e. The zero-order valence-corrected chi connectivity index (χ0v) is 15.6. The molecule has 2 rings (SSSR count). The van der Waals surface area contributed by atoms with Crippen molar-refractivity contribution in [3.05, 3.63) is 34.7 Å². The summed E-state index contributed by atoms with van der Waals surface area (Å²) < 4.78 is 4.61. The fourth-order valence-electron chi connectivity index (χ4n) is 2.61. The first-order valence-corrected chi connectivity index (χ1v) is 8.94. The van der Waals surface area contributed by atoms with Crippen LogP contribution in [0.15, 0.2) is 29.2 Å². The molecule has 1 heterocycles. The first-order valence-electron chi connectivity index (χ1n) is 8.12. The number of rotatable bonds is 6. The fourth-order valence-corrected chi connectivity index (χ4v) is 3.52. The smallest absolute Gasteiger partial charge is 0.328 e. The molecule has 0 bridgehead atoms. The Balaban J connectivity index is 2.20. The molecule has 1 fully saturated rings. The van der Waals surface area contributed by atoms with Gasteiger partial charge in [-0.25, -0.2) is 4.79 Å². The van der Waals surface area contributed by atoms with E-state index in [4.69, 9.17) is 0 Å². The number of nitrogens with zero attached hydrogens (tertiary/aromatic N) is 2.